The minimum absolute atomic E-state index is 0.0907. The highest BCUT2D eigenvalue weighted by Gasteiger charge is 2.30. The van der Waals surface area contributed by atoms with Crippen molar-refractivity contribution in [2.24, 2.45) is 0 Å². The Kier molecular flexibility index (Phi) is 9.40. The zero-order valence-corrected chi connectivity index (χ0v) is 22.2. The van der Waals surface area contributed by atoms with Crippen molar-refractivity contribution in [3.05, 3.63) is 82.9 Å². The number of halogens is 1. The van der Waals surface area contributed by atoms with Crippen molar-refractivity contribution >= 4 is 11.9 Å². The summed E-state index contributed by atoms with van der Waals surface area (Å²) in [7, 11) is 0. The van der Waals surface area contributed by atoms with E-state index < -0.39 is 36.0 Å². The predicted molar refractivity (Wildman–Crippen MR) is 142 cm³/mol. The molecule has 0 aliphatic heterocycles. The van der Waals surface area contributed by atoms with Gasteiger partial charge in [-0.25, -0.2) is 9.07 Å². The van der Waals surface area contributed by atoms with E-state index in [4.69, 9.17) is 5.11 Å². The summed E-state index contributed by atoms with van der Waals surface area (Å²) in [5.74, 6) is -2.01. The number of aliphatic carboxylic acids is 1. The number of nitrogens with zero attached hydrogens (tertiary/aromatic N) is 2. The smallest absolute Gasteiger partial charge is 0.305 e. The van der Waals surface area contributed by atoms with E-state index in [2.05, 4.69) is 10.4 Å². The van der Waals surface area contributed by atoms with Crippen LogP contribution in [0, 0.1) is 5.82 Å². The largest absolute Gasteiger partial charge is 0.481 e. The second-order valence-corrected chi connectivity index (χ2v) is 10.4. The molecular formula is C29H36FN3O5. The molecule has 204 valence electrons. The average molecular weight is 526 g/mol. The third-order valence-electron chi connectivity index (χ3n) is 6.48. The van der Waals surface area contributed by atoms with Crippen molar-refractivity contribution < 1.29 is 29.3 Å². The van der Waals surface area contributed by atoms with E-state index >= 15 is 0 Å². The fourth-order valence-electron chi connectivity index (χ4n) is 4.57. The molecule has 0 aliphatic carbocycles. The van der Waals surface area contributed by atoms with E-state index in [1.54, 1.807) is 16.8 Å². The Labute approximate surface area is 222 Å². The van der Waals surface area contributed by atoms with Gasteiger partial charge in [0.2, 0.25) is 0 Å². The van der Waals surface area contributed by atoms with Crippen LogP contribution in [0.2, 0.25) is 0 Å². The third-order valence-corrected chi connectivity index (χ3v) is 6.48. The van der Waals surface area contributed by atoms with Crippen LogP contribution in [-0.2, 0) is 16.8 Å². The van der Waals surface area contributed by atoms with Crippen molar-refractivity contribution in [2.75, 3.05) is 0 Å². The minimum Gasteiger partial charge on any atom is -0.481 e. The van der Waals surface area contributed by atoms with Gasteiger partial charge in [-0.1, -0.05) is 44.2 Å². The van der Waals surface area contributed by atoms with E-state index in [1.807, 2.05) is 58.0 Å². The molecule has 1 heterocycles. The average Bonchev–Trinajstić information content (AvgIpc) is 3.23. The number of benzene rings is 2. The molecule has 3 rings (SSSR count). The van der Waals surface area contributed by atoms with Crippen molar-refractivity contribution in [3.8, 4) is 5.69 Å². The highest BCUT2D eigenvalue weighted by Crippen LogP contribution is 2.29. The standard InChI is InChI=1S/C29H36FN3O5/c1-18(2)26-24(15-14-22(34)16-23(35)17-25(36)37)33(21-12-10-20(30)11-13-21)32-27(26)28(38)31-29(3,4)19-8-6-5-7-9-19/h5-13,18,22-23,34-35H,14-17H2,1-4H3,(H,31,38)(H,36,37)/t22-,23-/m1/s1. The Morgan fingerprint density at radius 2 is 1.66 bits per heavy atom. The lowest BCUT2D eigenvalue weighted by molar-refractivity contribution is -0.139. The zero-order valence-electron chi connectivity index (χ0n) is 22.2. The number of carboxylic acids is 1. The van der Waals surface area contributed by atoms with Crippen molar-refractivity contribution in [1.29, 1.82) is 0 Å². The summed E-state index contributed by atoms with van der Waals surface area (Å²) in [5.41, 5.74) is 2.44. The molecule has 3 aromatic rings. The maximum Gasteiger partial charge on any atom is 0.305 e. The molecule has 0 unspecified atom stereocenters. The van der Waals surface area contributed by atoms with Crippen molar-refractivity contribution in [1.82, 2.24) is 15.1 Å². The Morgan fingerprint density at radius 1 is 1.03 bits per heavy atom. The summed E-state index contributed by atoms with van der Waals surface area (Å²) in [4.78, 5) is 24.5. The second-order valence-electron chi connectivity index (χ2n) is 10.4. The molecule has 0 spiro atoms. The topological polar surface area (TPSA) is 125 Å². The van der Waals surface area contributed by atoms with Gasteiger partial charge in [0.15, 0.2) is 5.69 Å². The normalized spacial score (nSPS) is 13.4. The van der Waals surface area contributed by atoms with Gasteiger partial charge < -0.3 is 20.6 Å². The summed E-state index contributed by atoms with van der Waals surface area (Å²) >= 11 is 0. The van der Waals surface area contributed by atoms with Crippen LogP contribution < -0.4 is 5.32 Å². The third kappa shape index (κ3) is 7.26. The number of carboxylic acid groups (broad SMARTS) is 1. The quantitative estimate of drug-likeness (QED) is 0.279. The second kappa shape index (κ2) is 12.3. The molecule has 4 N–H and O–H groups in total. The van der Waals surface area contributed by atoms with Gasteiger partial charge in [0, 0.05) is 11.3 Å². The van der Waals surface area contributed by atoms with Crippen molar-refractivity contribution in [3.63, 3.8) is 0 Å². The predicted octanol–water partition coefficient (Wildman–Crippen LogP) is 4.32. The number of aromatic nitrogens is 2. The number of amides is 1. The lowest BCUT2D eigenvalue weighted by Gasteiger charge is -2.27. The molecule has 8 nitrogen and oxygen atoms in total. The molecule has 0 fully saturated rings. The maximum atomic E-state index is 13.7. The molecule has 2 aromatic carbocycles. The monoisotopic (exact) mass is 525 g/mol. The van der Waals surface area contributed by atoms with E-state index in [0.717, 1.165) is 5.56 Å². The van der Waals surface area contributed by atoms with E-state index in [-0.39, 0.29) is 30.4 Å². The van der Waals surface area contributed by atoms with Gasteiger partial charge in [0.25, 0.3) is 5.91 Å². The van der Waals surface area contributed by atoms with Gasteiger partial charge in [-0.2, -0.15) is 5.10 Å². The molecular weight excluding hydrogens is 489 g/mol. The van der Waals surface area contributed by atoms with Crippen LogP contribution in [0.4, 0.5) is 4.39 Å². The minimum atomic E-state index is -1.17. The molecule has 1 amide bonds. The fraction of sp³-hybridized carbons (Fsp3) is 0.414. The number of hydrogen-bond donors (Lipinski definition) is 4. The Morgan fingerprint density at radius 3 is 2.24 bits per heavy atom. The Hall–Kier alpha value is -3.56. The van der Waals surface area contributed by atoms with Crippen LogP contribution in [0.1, 0.15) is 80.2 Å². The SMILES string of the molecule is CC(C)c1c(C(=O)NC(C)(C)c2ccccc2)nn(-c2ccc(F)cc2)c1CC[C@@H](O)C[C@@H](O)CC(=O)O. The molecule has 38 heavy (non-hydrogen) atoms. The van der Waals surface area contributed by atoms with Crippen LogP contribution >= 0.6 is 0 Å². The molecule has 0 radical (unpaired) electrons. The first-order chi connectivity index (χ1) is 17.9. The Balaban J connectivity index is 1.97. The first kappa shape index (κ1) is 29.0. The Bertz CT molecular complexity index is 1240. The number of aliphatic hydroxyl groups excluding tert-OH is 2. The number of aliphatic hydroxyl groups is 2. The van der Waals surface area contributed by atoms with Crippen LogP contribution in [0.3, 0.4) is 0 Å². The van der Waals surface area contributed by atoms with Gasteiger partial charge >= 0.3 is 5.97 Å². The van der Waals surface area contributed by atoms with E-state index in [9.17, 15) is 24.2 Å². The molecule has 0 aliphatic rings. The molecule has 0 bridgehead atoms. The summed E-state index contributed by atoms with van der Waals surface area (Å²) in [6.07, 6.45) is -2.17. The van der Waals surface area contributed by atoms with E-state index in [1.165, 1.54) is 12.1 Å². The highest BCUT2D eigenvalue weighted by atomic mass is 19.1. The van der Waals surface area contributed by atoms with Crippen LogP contribution in [0.25, 0.3) is 5.69 Å². The first-order valence-corrected chi connectivity index (χ1v) is 12.7. The van der Waals surface area contributed by atoms with Gasteiger partial charge in [0.1, 0.15) is 5.82 Å². The molecule has 0 saturated carbocycles. The summed E-state index contributed by atoms with van der Waals surface area (Å²) in [6, 6.07) is 15.3. The lowest BCUT2D eigenvalue weighted by Crippen LogP contribution is -2.41. The molecule has 9 heteroatoms. The number of rotatable bonds is 12. The summed E-state index contributed by atoms with van der Waals surface area (Å²) < 4.78 is 15.3. The number of hydrogen-bond acceptors (Lipinski definition) is 5. The van der Waals surface area contributed by atoms with Gasteiger partial charge in [-0.3, -0.25) is 9.59 Å². The van der Waals surface area contributed by atoms with E-state index in [0.29, 0.717) is 23.4 Å². The molecule has 1 aromatic heterocycles. The first-order valence-electron chi connectivity index (χ1n) is 12.7. The van der Waals surface area contributed by atoms with Gasteiger partial charge in [-0.15, -0.1) is 0 Å². The maximum absolute atomic E-state index is 13.7. The lowest BCUT2D eigenvalue weighted by atomic mass is 9.92. The van der Waals surface area contributed by atoms with Crippen molar-refractivity contribution in [2.45, 2.75) is 77.0 Å². The molecule has 0 saturated heterocycles. The van der Waals surface area contributed by atoms with Crippen LogP contribution in [0.15, 0.2) is 54.6 Å². The number of nitrogens with one attached hydrogen (secondary N) is 1. The number of carbonyl (C=O) groups excluding carboxylic acids is 1. The van der Waals surface area contributed by atoms with Crippen LogP contribution in [0.5, 0.6) is 0 Å². The molecule has 2 atom stereocenters. The van der Waals surface area contributed by atoms with Gasteiger partial charge in [0.05, 0.1) is 29.9 Å². The number of carbonyl (C=O) groups is 2. The highest BCUT2D eigenvalue weighted by molar-refractivity contribution is 5.95. The fourth-order valence-corrected chi connectivity index (χ4v) is 4.57. The van der Waals surface area contributed by atoms with Gasteiger partial charge in [-0.05, 0) is 68.9 Å². The zero-order chi connectivity index (χ0) is 28.0. The summed E-state index contributed by atoms with van der Waals surface area (Å²) in [5, 5.41) is 37.0. The summed E-state index contributed by atoms with van der Waals surface area (Å²) in [6.45, 7) is 7.71. The van der Waals surface area contributed by atoms with Crippen LogP contribution in [-0.4, -0.2) is 49.2 Å².